The Morgan fingerprint density at radius 1 is 1.32 bits per heavy atom. The summed E-state index contributed by atoms with van der Waals surface area (Å²) in [5.41, 5.74) is 4.85. The van der Waals surface area contributed by atoms with Crippen molar-refractivity contribution in [1.29, 1.82) is 0 Å². The van der Waals surface area contributed by atoms with Gasteiger partial charge >= 0.3 is 5.97 Å². The first-order valence-corrected chi connectivity index (χ1v) is 9.25. The summed E-state index contributed by atoms with van der Waals surface area (Å²) in [7, 11) is 0. The monoisotopic (exact) mass is 363 g/mol. The van der Waals surface area contributed by atoms with E-state index in [-0.39, 0.29) is 5.97 Å². The molecule has 118 valence electrons. The second kappa shape index (κ2) is 6.86. The fourth-order valence-electron chi connectivity index (χ4n) is 3.45. The zero-order valence-electron chi connectivity index (χ0n) is 13.0. The van der Waals surface area contributed by atoms with Crippen LogP contribution in [-0.4, -0.2) is 22.5 Å². The molecule has 0 fully saturated rings. The van der Waals surface area contributed by atoms with E-state index in [9.17, 15) is 4.79 Å². The number of rotatable bonds is 5. The minimum Gasteiger partial charge on any atom is -0.462 e. The number of ether oxygens (including phenoxy) is 1. The van der Waals surface area contributed by atoms with Gasteiger partial charge in [0.1, 0.15) is 0 Å². The van der Waals surface area contributed by atoms with Gasteiger partial charge in [-0.3, -0.25) is 0 Å². The van der Waals surface area contributed by atoms with Crippen LogP contribution >= 0.6 is 15.9 Å². The molecule has 0 bridgehead atoms. The minimum atomic E-state index is -0.220. The highest BCUT2D eigenvalue weighted by Crippen LogP contribution is 2.33. The molecule has 4 heteroatoms. The van der Waals surface area contributed by atoms with E-state index in [1.807, 2.05) is 19.1 Å². The summed E-state index contributed by atoms with van der Waals surface area (Å²) >= 11 is 3.53. The van der Waals surface area contributed by atoms with Crippen molar-refractivity contribution in [3.63, 3.8) is 0 Å². The van der Waals surface area contributed by atoms with Crippen molar-refractivity contribution in [1.82, 2.24) is 4.57 Å². The zero-order chi connectivity index (χ0) is 15.5. The second-order valence-corrected chi connectivity index (χ2v) is 6.57. The van der Waals surface area contributed by atoms with Crippen molar-refractivity contribution < 1.29 is 9.53 Å². The highest BCUT2D eigenvalue weighted by Gasteiger charge is 2.21. The van der Waals surface area contributed by atoms with Crippen molar-refractivity contribution in [2.24, 2.45) is 0 Å². The largest absolute Gasteiger partial charge is 0.462 e. The topological polar surface area (TPSA) is 31.2 Å². The molecule has 1 aliphatic rings. The molecule has 0 amide bonds. The van der Waals surface area contributed by atoms with Crippen molar-refractivity contribution in [3.05, 3.63) is 35.0 Å². The molecule has 0 saturated carbocycles. The van der Waals surface area contributed by atoms with E-state index in [1.54, 1.807) is 0 Å². The Labute approximate surface area is 139 Å². The number of carbonyl (C=O) groups excluding carboxylic acids is 1. The smallest absolute Gasteiger partial charge is 0.338 e. The van der Waals surface area contributed by atoms with Gasteiger partial charge in [-0.1, -0.05) is 15.9 Å². The van der Waals surface area contributed by atoms with Gasteiger partial charge in [0.15, 0.2) is 0 Å². The lowest BCUT2D eigenvalue weighted by atomic mass is 9.95. The Kier molecular flexibility index (Phi) is 4.87. The number of aromatic nitrogens is 1. The summed E-state index contributed by atoms with van der Waals surface area (Å²) in [5, 5.41) is 2.26. The van der Waals surface area contributed by atoms with Crippen LogP contribution in [0.1, 0.15) is 47.8 Å². The minimum absolute atomic E-state index is 0.220. The second-order valence-electron chi connectivity index (χ2n) is 5.78. The molecule has 1 aliphatic carbocycles. The van der Waals surface area contributed by atoms with Crippen LogP contribution in [-0.2, 0) is 24.1 Å². The first-order valence-electron chi connectivity index (χ1n) is 8.13. The van der Waals surface area contributed by atoms with Crippen LogP contribution < -0.4 is 0 Å². The standard InChI is InChI=1S/C18H22BrNO2/c1-2-22-18(21)13-8-9-17-15(12-13)14-6-3-4-7-16(14)20(17)11-5-10-19/h8-9,12H,2-7,10-11H2,1H3. The van der Waals surface area contributed by atoms with Crippen LogP contribution in [0.25, 0.3) is 10.9 Å². The van der Waals surface area contributed by atoms with Gasteiger partial charge in [-0.15, -0.1) is 0 Å². The third-order valence-electron chi connectivity index (χ3n) is 4.40. The number of benzene rings is 1. The maximum Gasteiger partial charge on any atom is 0.338 e. The van der Waals surface area contributed by atoms with Crippen LogP contribution in [0, 0.1) is 0 Å². The third-order valence-corrected chi connectivity index (χ3v) is 4.96. The molecule has 22 heavy (non-hydrogen) atoms. The normalized spacial score (nSPS) is 14.1. The van der Waals surface area contributed by atoms with Crippen LogP contribution in [0.3, 0.4) is 0 Å². The van der Waals surface area contributed by atoms with E-state index in [1.165, 1.54) is 35.0 Å². The van der Waals surface area contributed by atoms with Gasteiger partial charge in [-0.25, -0.2) is 4.79 Å². The lowest BCUT2D eigenvalue weighted by Gasteiger charge is -2.15. The van der Waals surface area contributed by atoms with E-state index < -0.39 is 0 Å². The Morgan fingerprint density at radius 3 is 2.91 bits per heavy atom. The SMILES string of the molecule is CCOC(=O)c1ccc2c(c1)c1c(n2CCCBr)CCCC1. The molecule has 0 atom stereocenters. The molecular weight excluding hydrogens is 342 g/mol. The summed E-state index contributed by atoms with van der Waals surface area (Å²) in [6, 6.07) is 6.02. The number of hydrogen-bond donors (Lipinski definition) is 0. The Hall–Kier alpha value is -1.29. The molecule has 0 N–H and O–H groups in total. The van der Waals surface area contributed by atoms with Gasteiger partial charge in [-0.2, -0.15) is 0 Å². The van der Waals surface area contributed by atoms with Gasteiger partial charge in [0.2, 0.25) is 0 Å². The predicted molar refractivity (Wildman–Crippen MR) is 92.9 cm³/mol. The summed E-state index contributed by atoms with van der Waals surface area (Å²) in [6.07, 6.45) is 5.91. The molecule has 0 radical (unpaired) electrons. The molecule has 0 unspecified atom stereocenters. The van der Waals surface area contributed by atoms with Gasteiger partial charge in [0.25, 0.3) is 0 Å². The molecule has 2 aromatic rings. The van der Waals surface area contributed by atoms with Crippen molar-refractivity contribution in [2.75, 3.05) is 11.9 Å². The van der Waals surface area contributed by atoms with Gasteiger partial charge in [0.05, 0.1) is 12.2 Å². The number of halogens is 1. The van der Waals surface area contributed by atoms with Gasteiger partial charge < -0.3 is 9.30 Å². The molecule has 1 heterocycles. The molecule has 1 aromatic heterocycles. The van der Waals surface area contributed by atoms with Crippen LogP contribution in [0.15, 0.2) is 18.2 Å². The first-order chi connectivity index (χ1) is 10.8. The van der Waals surface area contributed by atoms with Crippen LogP contribution in [0.5, 0.6) is 0 Å². The zero-order valence-corrected chi connectivity index (χ0v) is 14.6. The fourth-order valence-corrected chi connectivity index (χ4v) is 3.70. The van der Waals surface area contributed by atoms with Crippen molar-refractivity contribution >= 4 is 32.8 Å². The summed E-state index contributed by atoms with van der Waals surface area (Å²) in [6.45, 7) is 3.30. The average molecular weight is 364 g/mol. The maximum atomic E-state index is 12.0. The predicted octanol–water partition coefficient (Wildman–Crippen LogP) is 4.48. The molecule has 0 aliphatic heterocycles. The fraction of sp³-hybridized carbons (Fsp3) is 0.500. The number of aryl methyl sites for hydroxylation is 2. The number of esters is 1. The summed E-state index contributed by atoms with van der Waals surface area (Å²) in [5.74, 6) is -0.220. The Morgan fingerprint density at radius 2 is 2.14 bits per heavy atom. The van der Waals surface area contributed by atoms with Crippen LogP contribution in [0.2, 0.25) is 0 Å². The molecule has 0 saturated heterocycles. The lowest BCUT2D eigenvalue weighted by molar-refractivity contribution is 0.0526. The van der Waals surface area contributed by atoms with Crippen molar-refractivity contribution in [2.45, 2.75) is 45.6 Å². The molecule has 0 spiro atoms. The van der Waals surface area contributed by atoms with Crippen LogP contribution in [0.4, 0.5) is 0 Å². The Balaban J connectivity index is 2.09. The van der Waals surface area contributed by atoms with E-state index in [0.29, 0.717) is 12.2 Å². The van der Waals surface area contributed by atoms with Gasteiger partial charge in [-0.05, 0) is 62.8 Å². The first kappa shape index (κ1) is 15.6. The number of alkyl halides is 1. The van der Waals surface area contributed by atoms with Gasteiger partial charge in [0, 0.05) is 28.5 Å². The molecule has 1 aromatic carbocycles. The molecule has 3 nitrogen and oxygen atoms in total. The number of carbonyl (C=O) groups is 1. The van der Waals surface area contributed by atoms with E-state index in [0.717, 1.165) is 31.1 Å². The lowest BCUT2D eigenvalue weighted by Crippen LogP contribution is -2.08. The van der Waals surface area contributed by atoms with Crippen molar-refractivity contribution in [3.8, 4) is 0 Å². The highest BCUT2D eigenvalue weighted by atomic mass is 79.9. The summed E-state index contributed by atoms with van der Waals surface area (Å²) in [4.78, 5) is 12.0. The van der Waals surface area contributed by atoms with E-state index in [4.69, 9.17) is 4.74 Å². The Bertz CT molecular complexity index is 690. The summed E-state index contributed by atoms with van der Waals surface area (Å²) < 4.78 is 7.60. The third kappa shape index (κ3) is 2.81. The molecular formula is C18H22BrNO2. The van der Waals surface area contributed by atoms with E-state index in [2.05, 4.69) is 26.6 Å². The average Bonchev–Trinajstić information content (AvgIpc) is 2.86. The highest BCUT2D eigenvalue weighted by molar-refractivity contribution is 9.09. The van der Waals surface area contributed by atoms with E-state index >= 15 is 0 Å². The number of nitrogens with zero attached hydrogens (tertiary/aromatic N) is 1. The molecule has 3 rings (SSSR count). The number of fused-ring (bicyclic) bond motifs is 3. The maximum absolute atomic E-state index is 12.0. The number of hydrogen-bond acceptors (Lipinski definition) is 2. The quantitative estimate of drug-likeness (QED) is 0.579.